The van der Waals surface area contributed by atoms with Crippen LogP contribution in [-0.4, -0.2) is 10.2 Å². The van der Waals surface area contributed by atoms with Crippen molar-refractivity contribution in [2.24, 2.45) is 0 Å². The highest BCUT2D eigenvalue weighted by molar-refractivity contribution is 6.33. The Morgan fingerprint density at radius 3 is 2.68 bits per heavy atom. The normalized spacial score (nSPS) is 10.9. The lowest BCUT2D eigenvalue weighted by Crippen LogP contribution is -2.02. The quantitative estimate of drug-likeness (QED) is 0.514. The van der Waals surface area contributed by atoms with Gasteiger partial charge in [-0.15, -0.1) is 10.2 Å². The van der Waals surface area contributed by atoms with Crippen LogP contribution in [0.15, 0.2) is 68.2 Å². The number of hydrogen-bond donors (Lipinski definition) is 0. The van der Waals surface area contributed by atoms with Crippen LogP contribution in [0, 0.1) is 0 Å². The van der Waals surface area contributed by atoms with Gasteiger partial charge in [0.25, 0.3) is 5.89 Å². The topological polar surface area (TPSA) is 78.4 Å². The SMILES string of the molecule is O=c1cc(OCc2nnc(-c3ccccc3Cl)o2)c2ccccc2o1. The molecule has 0 bridgehead atoms. The largest absolute Gasteiger partial charge is 0.483 e. The number of benzene rings is 2. The molecule has 25 heavy (non-hydrogen) atoms. The lowest BCUT2D eigenvalue weighted by molar-refractivity contribution is 0.265. The van der Waals surface area contributed by atoms with Gasteiger partial charge in [-0.25, -0.2) is 4.79 Å². The molecule has 0 aliphatic carbocycles. The molecule has 2 heterocycles. The molecular formula is C18H11ClN2O4. The molecule has 0 spiro atoms. The van der Waals surface area contributed by atoms with E-state index in [9.17, 15) is 4.79 Å². The van der Waals surface area contributed by atoms with Crippen molar-refractivity contribution in [1.82, 2.24) is 10.2 Å². The van der Waals surface area contributed by atoms with Crippen LogP contribution in [0.4, 0.5) is 0 Å². The first-order valence-corrected chi connectivity index (χ1v) is 7.81. The van der Waals surface area contributed by atoms with Crippen LogP contribution in [0.5, 0.6) is 5.75 Å². The Kier molecular flexibility index (Phi) is 3.95. The van der Waals surface area contributed by atoms with Crippen LogP contribution in [-0.2, 0) is 6.61 Å². The van der Waals surface area contributed by atoms with Gasteiger partial charge in [-0.3, -0.25) is 0 Å². The number of hydrogen-bond acceptors (Lipinski definition) is 6. The van der Waals surface area contributed by atoms with E-state index in [1.165, 1.54) is 6.07 Å². The highest BCUT2D eigenvalue weighted by atomic mass is 35.5. The third-order valence-electron chi connectivity index (χ3n) is 3.53. The maximum atomic E-state index is 11.6. The molecule has 2 aromatic carbocycles. The third kappa shape index (κ3) is 3.12. The summed E-state index contributed by atoms with van der Waals surface area (Å²) in [6, 6.07) is 15.6. The molecule has 0 atom stereocenters. The summed E-state index contributed by atoms with van der Waals surface area (Å²) in [4.78, 5) is 11.6. The highest BCUT2D eigenvalue weighted by Gasteiger charge is 2.13. The van der Waals surface area contributed by atoms with Crippen molar-refractivity contribution < 1.29 is 13.6 Å². The van der Waals surface area contributed by atoms with Crippen molar-refractivity contribution in [2.45, 2.75) is 6.61 Å². The summed E-state index contributed by atoms with van der Waals surface area (Å²) in [5.41, 5.74) is 0.608. The molecule has 0 saturated heterocycles. The first kappa shape index (κ1) is 15.4. The Hall–Kier alpha value is -3.12. The van der Waals surface area contributed by atoms with Gasteiger partial charge in [-0.2, -0.15) is 0 Å². The van der Waals surface area contributed by atoms with Gasteiger partial charge in [0.2, 0.25) is 5.89 Å². The fraction of sp³-hybridized carbons (Fsp3) is 0.0556. The predicted molar refractivity (Wildman–Crippen MR) is 91.6 cm³/mol. The van der Waals surface area contributed by atoms with Gasteiger partial charge < -0.3 is 13.6 Å². The van der Waals surface area contributed by atoms with Gasteiger partial charge >= 0.3 is 5.63 Å². The molecule has 0 aliphatic heterocycles. The zero-order valence-corrected chi connectivity index (χ0v) is 13.6. The van der Waals surface area contributed by atoms with Crippen molar-refractivity contribution in [3.8, 4) is 17.2 Å². The lowest BCUT2D eigenvalue weighted by Gasteiger charge is -2.05. The fourth-order valence-corrected chi connectivity index (χ4v) is 2.61. The van der Waals surface area contributed by atoms with E-state index in [0.717, 1.165) is 0 Å². The fourth-order valence-electron chi connectivity index (χ4n) is 2.40. The first-order chi connectivity index (χ1) is 12.2. The Morgan fingerprint density at radius 2 is 1.80 bits per heavy atom. The molecule has 4 rings (SSSR count). The third-order valence-corrected chi connectivity index (χ3v) is 3.86. The number of para-hydroxylation sites is 1. The summed E-state index contributed by atoms with van der Waals surface area (Å²) in [6.45, 7) is 0.0188. The van der Waals surface area contributed by atoms with Crippen LogP contribution in [0.3, 0.4) is 0 Å². The van der Waals surface area contributed by atoms with E-state index in [1.807, 2.05) is 18.2 Å². The number of rotatable bonds is 4. The molecule has 6 nitrogen and oxygen atoms in total. The molecule has 4 aromatic rings. The van der Waals surface area contributed by atoms with E-state index in [1.54, 1.807) is 30.3 Å². The highest BCUT2D eigenvalue weighted by Crippen LogP contribution is 2.27. The molecule has 0 aliphatic rings. The van der Waals surface area contributed by atoms with Gasteiger partial charge in [-0.1, -0.05) is 35.9 Å². The van der Waals surface area contributed by atoms with Crippen molar-refractivity contribution in [2.75, 3.05) is 0 Å². The molecule has 0 unspecified atom stereocenters. The average Bonchev–Trinajstić information content (AvgIpc) is 3.08. The Morgan fingerprint density at radius 1 is 1.00 bits per heavy atom. The Labute approximate surface area is 146 Å². The maximum Gasteiger partial charge on any atom is 0.339 e. The minimum atomic E-state index is -0.490. The Balaban J connectivity index is 1.59. The number of nitrogens with zero attached hydrogens (tertiary/aromatic N) is 2. The van der Waals surface area contributed by atoms with E-state index in [0.29, 0.717) is 33.2 Å². The van der Waals surface area contributed by atoms with Gasteiger partial charge in [0.15, 0.2) is 6.61 Å². The van der Waals surface area contributed by atoms with Gasteiger partial charge in [0.1, 0.15) is 11.3 Å². The van der Waals surface area contributed by atoms with Crippen molar-refractivity contribution in [3.05, 3.63) is 75.9 Å². The molecule has 0 saturated carbocycles. The molecule has 124 valence electrons. The standard InChI is InChI=1S/C18H11ClN2O4/c19-13-7-3-1-5-11(13)18-21-20-16(25-18)10-23-15-9-17(22)24-14-8-4-2-6-12(14)15/h1-9H,10H2. The number of aromatic nitrogens is 2. The van der Waals surface area contributed by atoms with E-state index in [-0.39, 0.29) is 12.5 Å². The van der Waals surface area contributed by atoms with Gasteiger partial charge in [0, 0.05) is 0 Å². The first-order valence-electron chi connectivity index (χ1n) is 7.44. The molecule has 0 fully saturated rings. The summed E-state index contributed by atoms with van der Waals surface area (Å²) < 4.78 is 16.4. The van der Waals surface area contributed by atoms with Crippen LogP contribution in [0.25, 0.3) is 22.4 Å². The molecule has 0 amide bonds. The number of ether oxygens (including phenoxy) is 1. The molecule has 0 N–H and O–H groups in total. The summed E-state index contributed by atoms with van der Waals surface area (Å²) in [5, 5.41) is 9.13. The van der Waals surface area contributed by atoms with E-state index >= 15 is 0 Å². The maximum absolute atomic E-state index is 11.6. The van der Waals surface area contributed by atoms with E-state index < -0.39 is 5.63 Å². The van der Waals surface area contributed by atoms with Crippen LogP contribution >= 0.6 is 11.6 Å². The Bertz CT molecular complexity index is 1100. The average molecular weight is 355 g/mol. The summed E-state index contributed by atoms with van der Waals surface area (Å²) >= 11 is 6.12. The zero-order valence-electron chi connectivity index (χ0n) is 12.8. The number of halogens is 1. The van der Waals surface area contributed by atoms with Crippen molar-refractivity contribution in [1.29, 1.82) is 0 Å². The molecule has 0 radical (unpaired) electrons. The van der Waals surface area contributed by atoms with Crippen molar-refractivity contribution >= 4 is 22.6 Å². The second-order valence-corrected chi connectivity index (χ2v) is 5.60. The monoisotopic (exact) mass is 354 g/mol. The predicted octanol–water partition coefficient (Wildman–Crippen LogP) is 4.08. The van der Waals surface area contributed by atoms with Gasteiger partial charge in [-0.05, 0) is 24.3 Å². The number of fused-ring (bicyclic) bond motifs is 1. The minimum Gasteiger partial charge on any atom is -0.483 e. The lowest BCUT2D eigenvalue weighted by atomic mass is 10.2. The van der Waals surface area contributed by atoms with Crippen LogP contribution < -0.4 is 10.4 Å². The molecule has 2 aromatic heterocycles. The van der Waals surface area contributed by atoms with Crippen LogP contribution in [0.1, 0.15) is 5.89 Å². The van der Waals surface area contributed by atoms with Crippen LogP contribution in [0.2, 0.25) is 5.02 Å². The second-order valence-electron chi connectivity index (χ2n) is 5.20. The van der Waals surface area contributed by atoms with Crippen molar-refractivity contribution in [3.63, 3.8) is 0 Å². The summed E-state index contributed by atoms with van der Waals surface area (Å²) in [7, 11) is 0. The smallest absolute Gasteiger partial charge is 0.339 e. The summed E-state index contributed by atoms with van der Waals surface area (Å²) in [5.74, 6) is 0.971. The zero-order chi connectivity index (χ0) is 17.2. The second kappa shape index (κ2) is 6.41. The van der Waals surface area contributed by atoms with E-state index in [4.69, 9.17) is 25.2 Å². The molecule has 7 heteroatoms. The van der Waals surface area contributed by atoms with E-state index in [2.05, 4.69) is 10.2 Å². The molecular weight excluding hydrogens is 344 g/mol. The van der Waals surface area contributed by atoms with Gasteiger partial charge in [0.05, 0.1) is 22.0 Å². The summed E-state index contributed by atoms with van der Waals surface area (Å²) in [6.07, 6.45) is 0. The minimum absolute atomic E-state index is 0.0188.